The topological polar surface area (TPSA) is 79.6 Å². The highest BCUT2D eigenvalue weighted by Crippen LogP contribution is 2.27. The molecule has 1 fully saturated rings. The fourth-order valence-electron chi connectivity index (χ4n) is 3.42. The number of carboxylic acid groups (broad SMARTS) is 1. The summed E-state index contributed by atoms with van der Waals surface area (Å²) in [5.74, 6) is -0.650. The van der Waals surface area contributed by atoms with Crippen molar-refractivity contribution >= 4 is 33.4 Å². The fourth-order valence-corrected chi connectivity index (χ4v) is 4.41. The molecule has 1 N–H and O–H groups in total. The third kappa shape index (κ3) is 2.84. The number of rotatable bonds is 3. The minimum atomic E-state index is -1.06. The number of likely N-dealkylation sites (tertiary alicyclic amines) is 1. The van der Waals surface area contributed by atoms with Gasteiger partial charge in [-0.15, -0.1) is 11.3 Å². The van der Waals surface area contributed by atoms with E-state index in [9.17, 15) is 19.5 Å². The number of aromatic carboxylic acids is 1. The molecule has 0 saturated carbocycles. The molecule has 3 heterocycles. The Morgan fingerprint density at radius 3 is 2.58 bits per heavy atom. The van der Waals surface area contributed by atoms with E-state index in [0.717, 1.165) is 12.8 Å². The molecule has 1 saturated heterocycles. The average Bonchev–Trinajstić information content (AvgIpc) is 3.00. The second kappa shape index (κ2) is 6.39. The molecule has 1 aliphatic rings. The number of carbonyl (C=O) groups is 2. The van der Waals surface area contributed by atoms with Gasteiger partial charge >= 0.3 is 5.97 Å². The maximum Gasteiger partial charge on any atom is 0.337 e. The standard InChI is InChI=1S/C17H20N2O4S/c1-10-14(17(22)23)15-13(5-8-24-15)19(16(10)21)9-12-3-6-18(7-4-12)11(2)20/h5,8,12H,3-4,6-7,9H2,1-2H3,(H,22,23). The first-order valence-electron chi connectivity index (χ1n) is 7.99. The van der Waals surface area contributed by atoms with Crippen molar-refractivity contribution in [3.05, 3.63) is 32.9 Å². The van der Waals surface area contributed by atoms with E-state index in [-0.39, 0.29) is 17.0 Å². The van der Waals surface area contributed by atoms with Crippen molar-refractivity contribution in [1.82, 2.24) is 9.47 Å². The molecule has 2 aromatic heterocycles. The van der Waals surface area contributed by atoms with Crippen LogP contribution in [0.1, 0.15) is 35.7 Å². The largest absolute Gasteiger partial charge is 0.478 e. The Kier molecular flexibility index (Phi) is 4.45. The van der Waals surface area contributed by atoms with Crippen LogP contribution >= 0.6 is 11.3 Å². The normalized spacial score (nSPS) is 15.8. The highest BCUT2D eigenvalue weighted by molar-refractivity contribution is 7.17. The predicted octanol–water partition coefficient (Wildman–Crippen LogP) is 2.33. The first kappa shape index (κ1) is 16.7. The van der Waals surface area contributed by atoms with Crippen LogP contribution < -0.4 is 5.56 Å². The number of thiophene rings is 1. The van der Waals surface area contributed by atoms with Crippen molar-refractivity contribution in [2.75, 3.05) is 13.1 Å². The number of pyridine rings is 1. The van der Waals surface area contributed by atoms with Crippen LogP contribution in [0, 0.1) is 12.8 Å². The summed E-state index contributed by atoms with van der Waals surface area (Å²) in [5.41, 5.74) is 0.876. The molecule has 0 aromatic carbocycles. The third-order valence-electron chi connectivity index (χ3n) is 4.82. The van der Waals surface area contributed by atoms with Gasteiger partial charge in [-0.3, -0.25) is 9.59 Å². The highest BCUT2D eigenvalue weighted by atomic mass is 32.1. The highest BCUT2D eigenvalue weighted by Gasteiger charge is 2.24. The van der Waals surface area contributed by atoms with Crippen LogP contribution in [0.5, 0.6) is 0 Å². The first-order valence-corrected chi connectivity index (χ1v) is 8.87. The summed E-state index contributed by atoms with van der Waals surface area (Å²) in [5, 5.41) is 11.2. The molecular formula is C17H20N2O4S. The summed E-state index contributed by atoms with van der Waals surface area (Å²) in [4.78, 5) is 37.5. The number of hydrogen-bond acceptors (Lipinski definition) is 4. The maximum atomic E-state index is 12.7. The summed E-state index contributed by atoms with van der Waals surface area (Å²) in [6.45, 7) is 5.16. The minimum absolute atomic E-state index is 0.0903. The lowest BCUT2D eigenvalue weighted by atomic mass is 9.96. The molecule has 24 heavy (non-hydrogen) atoms. The molecule has 0 radical (unpaired) electrons. The number of fused-ring (bicyclic) bond motifs is 1. The van der Waals surface area contributed by atoms with Gasteiger partial charge in [0, 0.05) is 32.1 Å². The summed E-state index contributed by atoms with van der Waals surface area (Å²) in [6, 6.07) is 1.82. The average molecular weight is 348 g/mol. The van der Waals surface area contributed by atoms with Gasteiger partial charge in [-0.2, -0.15) is 0 Å². The molecule has 6 nitrogen and oxygen atoms in total. The zero-order valence-electron chi connectivity index (χ0n) is 13.7. The van der Waals surface area contributed by atoms with Gasteiger partial charge in [0.1, 0.15) is 0 Å². The minimum Gasteiger partial charge on any atom is -0.478 e. The van der Waals surface area contributed by atoms with Gasteiger partial charge < -0.3 is 14.6 Å². The Morgan fingerprint density at radius 1 is 1.33 bits per heavy atom. The van der Waals surface area contributed by atoms with Crippen molar-refractivity contribution in [2.24, 2.45) is 5.92 Å². The number of piperidine rings is 1. The third-order valence-corrected chi connectivity index (χ3v) is 5.74. The van der Waals surface area contributed by atoms with Crippen molar-refractivity contribution in [3.63, 3.8) is 0 Å². The molecule has 0 unspecified atom stereocenters. The Morgan fingerprint density at radius 2 is 2.00 bits per heavy atom. The number of nitrogens with zero attached hydrogens (tertiary/aromatic N) is 2. The molecule has 128 valence electrons. The van der Waals surface area contributed by atoms with E-state index < -0.39 is 5.97 Å². The van der Waals surface area contributed by atoms with Crippen LogP contribution in [0.25, 0.3) is 10.2 Å². The number of aromatic nitrogens is 1. The van der Waals surface area contributed by atoms with Gasteiger partial charge in [0.25, 0.3) is 5.56 Å². The van der Waals surface area contributed by atoms with E-state index in [0.29, 0.717) is 41.3 Å². The maximum absolute atomic E-state index is 12.7. The van der Waals surface area contributed by atoms with Gasteiger partial charge in [0.05, 0.1) is 15.8 Å². The Balaban J connectivity index is 1.94. The molecular weight excluding hydrogens is 328 g/mol. The molecule has 3 rings (SSSR count). The lowest BCUT2D eigenvalue weighted by Crippen LogP contribution is -2.39. The fraction of sp³-hybridized carbons (Fsp3) is 0.471. The zero-order valence-corrected chi connectivity index (χ0v) is 14.6. The Labute approximate surface area is 143 Å². The van der Waals surface area contributed by atoms with Crippen LogP contribution in [0.4, 0.5) is 0 Å². The molecule has 0 atom stereocenters. The van der Waals surface area contributed by atoms with Gasteiger partial charge in [-0.1, -0.05) is 0 Å². The quantitative estimate of drug-likeness (QED) is 0.923. The number of hydrogen-bond donors (Lipinski definition) is 1. The van der Waals surface area contributed by atoms with Crippen molar-refractivity contribution in [3.8, 4) is 0 Å². The summed E-state index contributed by atoms with van der Waals surface area (Å²) < 4.78 is 2.36. The molecule has 0 aliphatic carbocycles. The SMILES string of the molecule is CC(=O)N1CCC(Cn2c(=O)c(C)c(C(=O)O)c3sccc32)CC1. The van der Waals surface area contributed by atoms with Gasteiger partial charge in [-0.05, 0) is 37.1 Å². The Bertz CT molecular complexity index is 859. The summed E-state index contributed by atoms with van der Waals surface area (Å²) in [6.07, 6.45) is 1.72. The molecule has 1 amide bonds. The van der Waals surface area contributed by atoms with E-state index in [1.54, 1.807) is 18.4 Å². The molecule has 7 heteroatoms. The van der Waals surface area contributed by atoms with Crippen molar-refractivity contribution in [2.45, 2.75) is 33.2 Å². The van der Waals surface area contributed by atoms with Gasteiger partial charge in [0.2, 0.25) is 5.91 Å². The molecule has 0 bridgehead atoms. The lowest BCUT2D eigenvalue weighted by molar-refractivity contribution is -0.130. The summed E-state index contributed by atoms with van der Waals surface area (Å²) >= 11 is 1.35. The van der Waals surface area contributed by atoms with E-state index in [1.165, 1.54) is 11.3 Å². The Hall–Kier alpha value is -2.15. The number of amides is 1. The van der Waals surface area contributed by atoms with Crippen LogP contribution in [-0.2, 0) is 11.3 Å². The zero-order chi connectivity index (χ0) is 17.4. The van der Waals surface area contributed by atoms with E-state index >= 15 is 0 Å². The second-order valence-corrected chi connectivity index (χ2v) is 7.22. The van der Waals surface area contributed by atoms with E-state index in [1.807, 2.05) is 16.3 Å². The van der Waals surface area contributed by atoms with Crippen LogP contribution in [0.2, 0.25) is 0 Å². The molecule has 1 aliphatic heterocycles. The summed E-state index contributed by atoms with van der Waals surface area (Å²) in [7, 11) is 0. The first-order chi connectivity index (χ1) is 11.4. The number of carboxylic acids is 1. The molecule has 2 aromatic rings. The molecule has 0 spiro atoms. The smallest absolute Gasteiger partial charge is 0.337 e. The van der Waals surface area contributed by atoms with E-state index in [4.69, 9.17) is 0 Å². The van der Waals surface area contributed by atoms with Crippen LogP contribution in [0.3, 0.4) is 0 Å². The van der Waals surface area contributed by atoms with Gasteiger partial charge in [0.15, 0.2) is 0 Å². The monoisotopic (exact) mass is 348 g/mol. The van der Waals surface area contributed by atoms with Crippen molar-refractivity contribution in [1.29, 1.82) is 0 Å². The van der Waals surface area contributed by atoms with E-state index in [2.05, 4.69) is 0 Å². The van der Waals surface area contributed by atoms with Gasteiger partial charge in [-0.25, -0.2) is 4.79 Å². The second-order valence-electron chi connectivity index (χ2n) is 6.31. The van der Waals surface area contributed by atoms with Crippen LogP contribution in [0.15, 0.2) is 16.2 Å². The number of carbonyl (C=O) groups excluding carboxylic acids is 1. The van der Waals surface area contributed by atoms with Crippen LogP contribution in [-0.4, -0.2) is 39.5 Å². The lowest BCUT2D eigenvalue weighted by Gasteiger charge is -2.31. The van der Waals surface area contributed by atoms with Crippen molar-refractivity contribution < 1.29 is 14.7 Å². The predicted molar refractivity (Wildman–Crippen MR) is 92.8 cm³/mol.